The van der Waals surface area contributed by atoms with Crippen LogP contribution in [0.5, 0.6) is 5.75 Å². The number of rotatable bonds is 3. The Bertz CT molecular complexity index is 760. The van der Waals surface area contributed by atoms with Crippen molar-refractivity contribution in [2.75, 3.05) is 19.0 Å². The SMILES string of the molecule is COc1ccc(-n2nc(-c3cccs3)c3c2NCC3)cc1. The molecule has 4 nitrogen and oxygen atoms in total. The van der Waals surface area contributed by atoms with Crippen LogP contribution in [0.3, 0.4) is 0 Å². The maximum Gasteiger partial charge on any atom is 0.133 e. The molecule has 1 aliphatic heterocycles. The van der Waals surface area contributed by atoms with Gasteiger partial charge in [0.1, 0.15) is 17.3 Å². The number of anilines is 1. The predicted octanol–water partition coefficient (Wildman–Crippen LogP) is 3.58. The van der Waals surface area contributed by atoms with E-state index >= 15 is 0 Å². The molecule has 21 heavy (non-hydrogen) atoms. The molecule has 0 saturated heterocycles. The summed E-state index contributed by atoms with van der Waals surface area (Å²) in [6.07, 6.45) is 1.03. The van der Waals surface area contributed by atoms with E-state index in [1.165, 1.54) is 10.4 Å². The Morgan fingerprint density at radius 1 is 1.24 bits per heavy atom. The zero-order chi connectivity index (χ0) is 14.2. The molecule has 0 unspecified atom stereocenters. The van der Waals surface area contributed by atoms with Crippen LogP contribution < -0.4 is 10.1 Å². The molecule has 0 radical (unpaired) electrons. The summed E-state index contributed by atoms with van der Waals surface area (Å²) in [6, 6.07) is 12.2. The van der Waals surface area contributed by atoms with Gasteiger partial charge in [0, 0.05) is 12.1 Å². The molecule has 2 aromatic heterocycles. The summed E-state index contributed by atoms with van der Waals surface area (Å²) in [7, 11) is 1.68. The molecule has 3 aromatic rings. The lowest BCUT2D eigenvalue weighted by Gasteiger charge is -2.07. The Hall–Kier alpha value is -2.27. The molecule has 0 aliphatic carbocycles. The van der Waals surface area contributed by atoms with E-state index in [2.05, 4.69) is 22.8 Å². The van der Waals surface area contributed by atoms with Crippen molar-refractivity contribution in [2.24, 2.45) is 0 Å². The summed E-state index contributed by atoms with van der Waals surface area (Å²) in [5.41, 5.74) is 3.46. The zero-order valence-electron chi connectivity index (χ0n) is 11.7. The molecule has 0 atom stereocenters. The summed E-state index contributed by atoms with van der Waals surface area (Å²) >= 11 is 1.73. The lowest BCUT2D eigenvalue weighted by atomic mass is 10.2. The number of ether oxygens (including phenoxy) is 1. The van der Waals surface area contributed by atoms with Crippen LogP contribution in [-0.2, 0) is 6.42 Å². The molecule has 4 rings (SSSR count). The van der Waals surface area contributed by atoms with Crippen molar-refractivity contribution in [2.45, 2.75) is 6.42 Å². The van der Waals surface area contributed by atoms with E-state index < -0.39 is 0 Å². The molecule has 1 N–H and O–H groups in total. The van der Waals surface area contributed by atoms with Crippen molar-refractivity contribution >= 4 is 17.2 Å². The fourth-order valence-corrected chi connectivity index (χ4v) is 3.43. The van der Waals surface area contributed by atoms with E-state index in [1.807, 2.05) is 28.9 Å². The van der Waals surface area contributed by atoms with Crippen molar-refractivity contribution in [3.8, 4) is 22.0 Å². The van der Waals surface area contributed by atoms with E-state index in [1.54, 1.807) is 18.4 Å². The second kappa shape index (κ2) is 4.93. The Balaban J connectivity index is 1.84. The minimum absolute atomic E-state index is 0.856. The largest absolute Gasteiger partial charge is 0.497 e. The highest BCUT2D eigenvalue weighted by Gasteiger charge is 2.24. The average Bonchev–Trinajstić information content (AvgIpc) is 3.24. The van der Waals surface area contributed by atoms with Gasteiger partial charge in [-0.1, -0.05) is 6.07 Å². The molecule has 0 bridgehead atoms. The number of hydrogen-bond acceptors (Lipinski definition) is 4. The second-order valence-electron chi connectivity index (χ2n) is 4.94. The van der Waals surface area contributed by atoms with Gasteiger partial charge < -0.3 is 10.1 Å². The van der Waals surface area contributed by atoms with Crippen LogP contribution in [0.2, 0.25) is 0 Å². The first-order valence-corrected chi connectivity index (χ1v) is 7.79. The van der Waals surface area contributed by atoms with Gasteiger partial charge in [-0.15, -0.1) is 11.3 Å². The summed E-state index contributed by atoms with van der Waals surface area (Å²) in [5, 5.41) is 10.4. The summed E-state index contributed by atoms with van der Waals surface area (Å²) in [6.45, 7) is 0.974. The molecule has 0 amide bonds. The number of fused-ring (bicyclic) bond motifs is 1. The van der Waals surface area contributed by atoms with Crippen molar-refractivity contribution in [3.05, 3.63) is 47.3 Å². The van der Waals surface area contributed by atoms with E-state index in [9.17, 15) is 0 Å². The predicted molar refractivity (Wildman–Crippen MR) is 85.6 cm³/mol. The second-order valence-corrected chi connectivity index (χ2v) is 5.89. The van der Waals surface area contributed by atoms with Crippen LogP contribution in [0.4, 0.5) is 5.82 Å². The van der Waals surface area contributed by atoms with Crippen LogP contribution >= 0.6 is 11.3 Å². The van der Waals surface area contributed by atoms with Crippen molar-refractivity contribution < 1.29 is 4.74 Å². The van der Waals surface area contributed by atoms with Gasteiger partial charge >= 0.3 is 0 Å². The Labute approximate surface area is 127 Å². The lowest BCUT2D eigenvalue weighted by molar-refractivity contribution is 0.414. The topological polar surface area (TPSA) is 39.1 Å². The summed E-state index contributed by atoms with van der Waals surface area (Å²) < 4.78 is 7.22. The third-order valence-electron chi connectivity index (χ3n) is 3.72. The van der Waals surface area contributed by atoms with Gasteiger partial charge in [-0.25, -0.2) is 4.68 Å². The van der Waals surface area contributed by atoms with Crippen LogP contribution in [0, 0.1) is 0 Å². The maximum absolute atomic E-state index is 5.22. The summed E-state index contributed by atoms with van der Waals surface area (Å²) in [5.74, 6) is 1.97. The molecule has 0 fully saturated rings. The van der Waals surface area contributed by atoms with Crippen molar-refractivity contribution in [1.29, 1.82) is 0 Å². The quantitative estimate of drug-likeness (QED) is 0.803. The van der Waals surface area contributed by atoms with E-state index in [4.69, 9.17) is 9.84 Å². The number of nitrogens with one attached hydrogen (secondary N) is 1. The average molecular weight is 297 g/mol. The monoisotopic (exact) mass is 297 g/mol. The Morgan fingerprint density at radius 3 is 2.81 bits per heavy atom. The van der Waals surface area contributed by atoms with Gasteiger partial charge in [-0.2, -0.15) is 5.10 Å². The van der Waals surface area contributed by atoms with Crippen LogP contribution in [0.25, 0.3) is 16.3 Å². The number of nitrogens with zero attached hydrogens (tertiary/aromatic N) is 2. The number of aromatic nitrogens is 2. The molecular formula is C16H15N3OS. The molecule has 3 heterocycles. The van der Waals surface area contributed by atoms with Gasteiger partial charge in [-0.3, -0.25) is 0 Å². The minimum atomic E-state index is 0.856. The van der Waals surface area contributed by atoms with Gasteiger partial charge in [0.15, 0.2) is 0 Å². The number of methoxy groups -OCH3 is 1. The zero-order valence-corrected chi connectivity index (χ0v) is 12.5. The van der Waals surface area contributed by atoms with Crippen LogP contribution in [-0.4, -0.2) is 23.4 Å². The van der Waals surface area contributed by atoms with Crippen molar-refractivity contribution in [1.82, 2.24) is 9.78 Å². The standard InChI is InChI=1S/C16H15N3OS/c1-20-12-6-4-11(5-7-12)19-16-13(8-9-17-16)15(18-19)14-3-2-10-21-14/h2-7,10,17H,8-9H2,1H3. The molecule has 106 valence electrons. The number of hydrogen-bond donors (Lipinski definition) is 1. The van der Waals surface area contributed by atoms with Crippen LogP contribution in [0.15, 0.2) is 41.8 Å². The molecule has 1 aliphatic rings. The fraction of sp³-hybridized carbons (Fsp3) is 0.188. The normalized spacial score (nSPS) is 13.0. The smallest absolute Gasteiger partial charge is 0.133 e. The first kappa shape index (κ1) is 12.5. The van der Waals surface area contributed by atoms with Gasteiger partial charge in [-0.05, 0) is 42.1 Å². The molecule has 0 spiro atoms. The Morgan fingerprint density at radius 2 is 2.10 bits per heavy atom. The van der Waals surface area contributed by atoms with Crippen molar-refractivity contribution in [3.63, 3.8) is 0 Å². The van der Waals surface area contributed by atoms with E-state index in [0.29, 0.717) is 0 Å². The fourth-order valence-electron chi connectivity index (χ4n) is 2.70. The van der Waals surface area contributed by atoms with Gasteiger partial charge in [0.25, 0.3) is 0 Å². The van der Waals surface area contributed by atoms with E-state index in [-0.39, 0.29) is 0 Å². The number of thiophene rings is 1. The first-order valence-electron chi connectivity index (χ1n) is 6.91. The maximum atomic E-state index is 5.22. The molecule has 0 saturated carbocycles. The lowest BCUT2D eigenvalue weighted by Crippen LogP contribution is -2.04. The third-order valence-corrected chi connectivity index (χ3v) is 4.60. The highest BCUT2D eigenvalue weighted by molar-refractivity contribution is 7.13. The van der Waals surface area contributed by atoms with Gasteiger partial charge in [0.05, 0.1) is 17.7 Å². The van der Waals surface area contributed by atoms with Gasteiger partial charge in [0.2, 0.25) is 0 Å². The third kappa shape index (κ3) is 2.01. The first-order chi connectivity index (χ1) is 10.4. The van der Waals surface area contributed by atoms with E-state index in [0.717, 1.165) is 35.9 Å². The van der Waals surface area contributed by atoms with Crippen LogP contribution in [0.1, 0.15) is 5.56 Å². The minimum Gasteiger partial charge on any atom is -0.497 e. The molecule has 1 aromatic carbocycles. The highest BCUT2D eigenvalue weighted by atomic mass is 32.1. The molecular weight excluding hydrogens is 282 g/mol. The number of benzene rings is 1. The Kier molecular flexibility index (Phi) is 2.93. The highest BCUT2D eigenvalue weighted by Crippen LogP contribution is 2.36. The summed E-state index contributed by atoms with van der Waals surface area (Å²) in [4.78, 5) is 1.22. The molecule has 5 heteroatoms.